The monoisotopic (exact) mass is 288 g/mol. The molecule has 84 valence electrons. The Balaban J connectivity index is 4.27. The first kappa shape index (κ1) is 13.7. The van der Waals surface area contributed by atoms with Crippen molar-refractivity contribution in [3.05, 3.63) is 0 Å². The molecule has 0 unspecified atom stereocenters. The molecule has 0 bridgehead atoms. The van der Waals surface area contributed by atoms with Gasteiger partial charge in [-0.05, 0) is 6.92 Å². The highest BCUT2D eigenvalue weighted by Crippen LogP contribution is 1.95. The number of carbonyl (C=O) groups excluding carboxylic acids is 1. The molecule has 6 nitrogen and oxygen atoms in total. The Kier molecular flexibility index (Phi) is 6.05. The molecule has 0 aliphatic rings. The number of amides is 1. The van der Waals surface area contributed by atoms with Crippen molar-refractivity contribution >= 4 is 32.2 Å². The van der Waals surface area contributed by atoms with E-state index in [4.69, 9.17) is 0 Å². The van der Waals surface area contributed by atoms with Crippen molar-refractivity contribution < 1.29 is 17.9 Å². The maximum atomic E-state index is 11.3. The molecule has 0 aromatic rings. The minimum atomic E-state index is -3.77. The summed E-state index contributed by atoms with van der Waals surface area (Å²) in [5, 5.41) is 0.493. The second-order valence-electron chi connectivity index (χ2n) is 2.34. The average Bonchev–Trinajstić information content (AvgIpc) is 2.03. The van der Waals surface area contributed by atoms with E-state index in [0.29, 0.717) is 5.33 Å². The van der Waals surface area contributed by atoms with Crippen molar-refractivity contribution in [3.63, 3.8) is 0 Å². The summed E-state index contributed by atoms with van der Waals surface area (Å²) in [6.07, 6.45) is -0.964. The van der Waals surface area contributed by atoms with Crippen LogP contribution in [0.15, 0.2) is 0 Å². The first-order chi connectivity index (χ1) is 6.44. The fourth-order valence-corrected chi connectivity index (χ4v) is 2.11. The van der Waals surface area contributed by atoms with Crippen molar-refractivity contribution in [2.75, 3.05) is 25.5 Å². The van der Waals surface area contributed by atoms with Gasteiger partial charge in [-0.3, -0.25) is 0 Å². The molecule has 8 heteroatoms. The van der Waals surface area contributed by atoms with Crippen molar-refractivity contribution in [1.29, 1.82) is 0 Å². The first-order valence-electron chi connectivity index (χ1n) is 3.90. The van der Waals surface area contributed by atoms with Gasteiger partial charge in [-0.15, -0.1) is 0 Å². The predicted molar refractivity (Wildman–Crippen MR) is 55.5 cm³/mol. The fourth-order valence-electron chi connectivity index (χ4n) is 0.583. The molecule has 0 saturated carbocycles. The second kappa shape index (κ2) is 6.20. The number of halogens is 1. The van der Waals surface area contributed by atoms with E-state index in [1.54, 1.807) is 11.6 Å². The number of hydrogen-bond donors (Lipinski definition) is 1. The number of ether oxygens (including phenoxy) is 1. The van der Waals surface area contributed by atoms with Crippen LogP contribution in [0.3, 0.4) is 0 Å². The third kappa shape index (κ3) is 4.77. The highest BCUT2D eigenvalue weighted by Gasteiger charge is 2.20. The standard InChI is InChI=1S/C6H13BrN2O4S/c1-3-13-6(10)8-14(11,12)9(2)5-4-7/h3-5H2,1-2H3,(H,8,10). The van der Waals surface area contributed by atoms with E-state index in [-0.39, 0.29) is 13.2 Å². The van der Waals surface area contributed by atoms with Crippen LogP contribution < -0.4 is 4.72 Å². The van der Waals surface area contributed by atoms with Gasteiger partial charge in [0.25, 0.3) is 0 Å². The average molecular weight is 289 g/mol. The molecule has 0 saturated heterocycles. The lowest BCUT2D eigenvalue weighted by atomic mass is 10.8. The summed E-state index contributed by atoms with van der Waals surface area (Å²) in [5.74, 6) is 0. The predicted octanol–water partition coefficient (Wildman–Crippen LogP) is 0.304. The van der Waals surface area contributed by atoms with E-state index in [1.807, 2.05) is 0 Å². The zero-order valence-corrected chi connectivity index (χ0v) is 10.4. The molecule has 0 fully saturated rings. The van der Waals surface area contributed by atoms with Crippen molar-refractivity contribution in [3.8, 4) is 0 Å². The van der Waals surface area contributed by atoms with E-state index < -0.39 is 16.3 Å². The highest BCUT2D eigenvalue weighted by molar-refractivity contribution is 9.09. The van der Waals surface area contributed by atoms with Gasteiger partial charge in [0.2, 0.25) is 0 Å². The van der Waals surface area contributed by atoms with Gasteiger partial charge in [-0.1, -0.05) is 15.9 Å². The van der Waals surface area contributed by atoms with Crippen LogP contribution in [0.4, 0.5) is 4.79 Å². The molecule has 0 heterocycles. The lowest BCUT2D eigenvalue weighted by molar-refractivity contribution is 0.158. The van der Waals surface area contributed by atoms with Gasteiger partial charge in [0.15, 0.2) is 0 Å². The Morgan fingerprint density at radius 2 is 2.14 bits per heavy atom. The number of carbonyl (C=O) groups is 1. The Morgan fingerprint density at radius 3 is 2.57 bits per heavy atom. The molecule has 0 rings (SSSR count). The van der Waals surface area contributed by atoms with E-state index in [9.17, 15) is 13.2 Å². The molecular formula is C6H13BrN2O4S. The molecule has 1 N–H and O–H groups in total. The summed E-state index contributed by atoms with van der Waals surface area (Å²) in [5.41, 5.74) is 0. The van der Waals surface area contributed by atoms with Gasteiger partial charge in [-0.2, -0.15) is 12.7 Å². The largest absolute Gasteiger partial charge is 0.449 e. The summed E-state index contributed by atoms with van der Waals surface area (Å²) in [4.78, 5) is 10.8. The molecule has 0 radical (unpaired) electrons. The van der Waals surface area contributed by atoms with E-state index in [1.165, 1.54) is 7.05 Å². The molecule has 0 aliphatic carbocycles. The molecule has 0 atom stereocenters. The molecule has 14 heavy (non-hydrogen) atoms. The van der Waals surface area contributed by atoms with E-state index in [0.717, 1.165) is 4.31 Å². The van der Waals surface area contributed by atoms with Crippen LogP contribution in [0.2, 0.25) is 0 Å². The van der Waals surface area contributed by atoms with Crippen LogP contribution >= 0.6 is 15.9 Å². The minimum Gasteiger partial charge on any atom is -0.449 e. The molecule has 0 aromatic carbocycles. The molecule has 0 aliphatic heterocycles. The quantitative estimate of drug-likeness (QED) is 0.739. The SMILES string of the molecule is CCOC(=O)NS(=O)(=O)N(C)CCBr. The van der Waals surface area contributed by atoms with Gasteiger partial charge < -0.3 is 4.74 Å². The summed E-state index contributed by atoms with van der Waals surface area (Å²) in [7, 11) is -2.40. The maximum Gasteiger partial charge on any atom is 0.421 e. The van der Waals surface area contributed by atoms with Gasteiger partial charge in [0.1, 0.15) is 0 Å². The van der Waals surface area contributed by atoms with E-state index in [2.05, 4.69) is 20.7 Å². The molecule has 0 aromatic heterocycles. The van der Waals surface area contributed by atoms with Crippen LogP contribution in [-0.2, 0) is 14.9 Å². The zero-order valence-electron chi connectivity index (χ0n) is 7.99. The van der Waals surface area contributed by atoms with Crippen molar-refractivity contribution in [2.24, 2.45) is 0 Å². The summed E-state index contributed by atoms with van der Waals surface area (Å²) < 4.78 is 29.8. The Bertz CT molecular complexity index is 280. The molecule has 0 spiro atoms. The van der Waals surface area contributed by atoms with Crippen molar-refractivity contribution in [2.45, 2.75) is 6.92 Å². The normalized spacial score (nSPS) is 11.4. The lowest BCUT2D eigenvalue weighted by Gasteiger charge is -2.15. The minimum absolute atomic E-state index is 0.128. The topological polar surface area (TPSA) is 75.7 Å². The number of alkyl halides is 1. The van der Waals surface area contributed by atoms with Gasteiger partial charge in [0.05, 0.1) is 6.61 Å². The third-order valence-electron chi connectivity index (χ3n) is 1.30. The zero-order chi connectivity index (χ0) is 11.2. The fraction of sp³-hybridized carbons (Fsp3) is 0.833. The smallest absolute Gasteiger partial charge is 0.421 e. The number of rotatable bonds is 5. The Hall–Kier alpha value is -0.340. The van der Waals surface area contributed by atoms with Gasteiger partial charge >= 0.3 is 16.3 Å². The highest BCUT2D eigenvalue weighted by atomic mass is 79.9. The maximum absolute atomic E-state index is 11.3. The van der Waals surface area contributed by atoms with Crippen LogP contribution in [0, 0.1) is 0 Å². The van der Waals surface area contributed by atoms with Crippen LogP contribution in [0.1, 0.15) is 6.92 Å². The third-order valence-corrected chi connectivity index (χ3v) is 3.08. The van der Waals surface area contributed by atoms with Gasteiger partial charge in [0, 0.05) is 18.9 Å². The van der Waals surface area contributed by atoms with Crippen LogP contribution in [-0.4, -0.2) is 44.3 Å². The number of hydrogen-bond acceptors (Lipinski definition) is 4. The summed E-state index contributed by atoms with van der Waals surface area (Å²) in [6.45, 7) is 1.99. The Labute approximate surface area is 91.9 Å². The summed E-state index contributed by atoms with van der Waals surface area (Å²) in [6, 6.07) is 0. The molecular weight excluding hydrogens is 276 g/mol. The lowest BCUT2D eigenvalue weighted by Crippen LogP contribution is -2.42. The second-order valence-corrected chi connectivity index (χ2v) is 4.91. The summed E-state index contributed by atoms with van der Waals surface area (Å²) >= 11 is 3.09. The Morgan fingerprint density at radius 1 is 1.57 bits per heavy atom. The van der Waals surface area contributed by atoms with Crippen LogP contribution in [0.25, 0.3) is 0 Å². The van der Waals surface area contributed by atoms with Crippen molar-refractivity contribution in [1.82, 2.24) is 9.03 Å². The van der Waals surface area contributed by atoms with Crippen LogP contribution in [0.5, 0.6) is 0 Å². The van der Waals surface area contributed by atoms with Gasteiger partial charge in [-0.25, -0.2) is 9.52 Å². The number of nitrogens with zero attached hydrogens (tertiary/aromatic N) is 1. The van der Waals surface area contributed by atoms with E-state index >= 15 is 0 Å². The number of nitrogens with one attached hydrogen (secondary N) is 1. The molecule has 1 amide bonds. The first-order valence-corrected chi connectivity index (χ1v) is 6.47.